The summed E-state index contributed by atoms with van der Waals surface area (Å²) in [5.41, 5.74) is 0. The van der Waals surface area contributed by atoms with Gasteiger partial charge < -0.3 is 10.8 Å². The van der Waals surface area contributed by atoms with Crippen LogP contribution in [0, 0.1) is 0 Å². The molecule has 0 aromatic carbocycles. The molecule has 43 valence electrons. The van der Waals surface area contributed by atoms with Crippen LogP contribution in [0.5, 0.6) is 0 Å². The molecule has 0 spiro atoms. The Labute approximate surface area is 43.4 Å². The van der Waals surface area contributed by atoms with Gasteiger partial charge in [0.15, 0.2) is 0 Å². The topological polar surface area (TPSA) is 57.6 Å². The Hall–Kier alpha value is -0.120. The quantitative estimate of drug-likeness (QED) is 0.393. The fourth-order valence-corrected chi connectivity index (χ4v) is 0.553. The third-order valence-electron chi connectivity index (χ3n) is 0.893. The first kappa shape index (κ1) is 6.88. The van der Waals surface area contributed by atoms with Crippen molar-refractivity contribution in [3.8, 4) is 0 Å². The molecule has 0 amide bonds. The number of hydrogen-bond donors (Lipinski definition) is 1. The molecule has 1 heterocycles. The van der Waals surface area contributed by atoms with Crippen LogP contribution in [0.25, 0.3) is 0 Å². The van der Waals surface area contributed by atoms with Crippen molar-refractivity contribution in [2.45, 2.75) is 0 Å². The Balaban J connectivity index is 0.000000360. The molecule has 0 bridgehead atoms. The van der Waals surface area contributed by atoms with Crippen LogP contribution in [-0.4, -0.2) is 31.7 Å². The highest BCUT2D eigenvalue weighted by molar-refractivity contribution is 4.58. The molecule has 3 nitrogen and oxygen atoms in total. The molecule has 0 aromatic heterocycles. The Morgan fingerprint density at radius 3 is 1.86 bits per heavy atom. The molecule has 0 aromatic rings. The van der Waals surface area contributed by atoms with Crippen molar-refractivity contribution in [2.75, 3.05) is 26.2 Å². The first-order valence-corrected chi connectivity index (χ1v) is 2.34. The van der Waals surface area contributed by atoms with Crippen molar-refractivity contribution in [2.24, 2.45) is 0 Å². The predicted octanol–water partition coefficient (Wildman–Crippen LogP) is -1.63. The van der Waals surface area contributed by atoms with Crippen molar-refractivity contribution in [3.63, 3.8) is 0 Å². The lowest BCUT2D eigenvalue weighted by atomic mass is 10.4. The lowest BCUT2D eigenvalue weighted by Crippen LogP contribution is -2.35. The van der Waals surface area contributed by atoms with Crippen molar-refractivity contribution >= 4 is 0 Å². The van der Waals surface area contributed by atoms with Crippen LogP contribution in [0.2, 0.25) is 0 Å². The second kappa shape index (κ2) is 4.05. The molecule has 1 rings (SSSR count). The molecule has 7 heavy (non-hydrogen) atoms. The smallest absolute Gasteiger partial charge is 0.0259 e. The largest absolute Gasteiger partial charge is 0.412 e. The lowest BCUT2D eigenvalue weighted by molar-refractivity contribution is 0.526. The summed E-state index contributed by atoms with van der Waals surface area (Å²) < 4.78 is 0. The highest BCUT2D eigenvalue weighted by atomic mass is 16.0. The van der Waals surface area contributed by atoms with E-state index in [4.69, 9.17) is 0 Å². The second-order valence-corrected chi connectivity index (χ2v) is 1.42. The van der Waals surface area contributed by atoms with Gasteiger partial charge >= 0.3 is 0 Å². The van der Waals surface area contributed by atoms with E-state index in [0.29, 0.717) is 0 Å². The molecule has 1 radical (unpaired) electrons. The zero-order valence-electron chi connectivity index (χ0n) is 4.28. The van der Waals surface area contributed by atoms with Gasteiger partial charge in [-0.2, -0.15) is 0 Å². The van der Waals surface area contributed by atoms with Gasteiger partial charge in [0.1, 0.15) is 0 Å². The van der Waals surface area contributed by atoms with E-state index >= 15 is 0 Å². The third-order valence-corrected chi connectivity index (χ3v) is 0.893. The van der Waals surface area contributed by atoms with Gasteiger partial charge in [-0.15, -0.1) is 0 Å². The SMILES string of the molecule is C1CNCC[N]1.O. The number of hydrogen-bond acceptors (Lipinski definition) is 1. The minimum Gasteiger partial charge on any atom is -0.412 e. The summed E-state index contributed by atoms with van der Waals surface area (Å²) in [6.45, 7) is 4.19. The highest BCUT2D eigenvalue weighted by Gasteiger charge is 1.93. The minimum absolute atomic E-state index is 0. The number of nitrogens with zero attached hydrogens (tertiary/aromatic N) is 1. The van der Waals surface area contributed by atoms with Gasteiger partial charge in [0, 0.05) is 26.2 Å². The predicted molar refractivity (Wildman–Crippen MR) is 28.4 cm³/mol. The van der Waals surface area contributed by atoms with Gasteiger partial charge in [0.2, 0.25) is 0 Å². The van der Waals surface area contributed by atoms with Crippen LogP contribution in [0.1, 0.15) is 0 Å². The van der Waals surface area contributed by atoms with Gasteiger partial charge in [0.05, 0.1) is 0 Å². The molecular weight excluding hydrogens is 92.1 g/mol. The van der Waals surface area contributed by atoms with E-state index in [0.717, 1.165) is 26.2 Å². The summed E-state index contributed by atoms with van der Waals surface area (Å²) in [5, 5.41) is 7.31. The molecule has 3 heteroatoms. The summed E-state index contributed by atoms with van der Waals surface area (Å²) in [5.74, 6) is 0. The van der Waals surface area contributed by atoms with E-state index in [1.165, 1.54) is 0 Å². The summed E-state index contributed by atoms with van der Waals surface area (Å²) in [6.07, 6.45) is 0. The summed E-state index contributed by atoms with van der Waals surface area (Å²) >= 11 is 0. The standard InChI is InChI=1S/C4H9N2.H2O/c1-2-6-4-3-5-1;/h5H,1-4H2;1H2. The van der Waals surface area contributed by atoms with Gasteiger partial charge in [0.25, 0.3) is 0 Å². The van der Waals surface area contributed by atoms with E-state index in [9.17, 15) is 0 Å². The average Bonchev–Trinajstić information content (AvgIpc) is 1.72. The highest BCUT2D eigenvalue weighted by Crippen LogP contribution is 1.68. The molecule has 1 saturated heterocycles. The second-order valence-electron chi connectivity index (χ2n) is 1.42. The normalized spacial score (nSPS) is 20.6. The molecule has 3 N–H and O–H groups in total. The summed E-state index contributed by atoms with van der Waals surface area (Å²) in [7, 11) is 0. The summed E-state index contributed by atoms with van der Waals surface area (Å²) in [6, 6.07) is 0. The first-order chi connectivity index (χ1) is 3.00. The molecule has 0 saturated carbocycles. The molecule has 1 aliphatic rings. The third kappa shape index (κ3) is 2.56. The van der Waals surface area contributed by atoms with Crippen LogP contribution in [0.3, 0.4) is 0 Å². The maximum Gasteiger partial charge on any atom is 0.0259 e. The molecule has 0 aliphatic carbocycles. The molecule has 0 atom stereocenters. The number of nitrogens with one attached hydrogen (secondary N) is 1. The van der Waals surface area contributed by atoms with E-state index in [1.54, 1.807) is 0 Å². The van der Waals surface area contributed by atoms with Crippen molar-refractivity contribution in [1.29, 1.82) is 0 Å². The Kier molecular flexibility index (Phi) is 3.98. The Morgan fingerprint density at radius 1 is 1.14 bits per heavy atom. The van der Waals surface area contributed by atoms with E-state index in [1.807, 2.05) is 0 Å². The zero-order valence-corrected chi connectivity index (χ0v) is 4.28. The van der Waals surface area contributed by atoms with Crippen molar-refractivity contribution in [3.05, 3.63) is 0 Å². The first-order valence-electron chi connectivity index (χ1n) is 2.34. The number of piperazine rings is 1. The monoisotopic (exact) mass is 103 g/mol. The van der Waals surface area contributed by atoms with Gasteiger partial charge in [-0.3, -0.25) is 0 Å². The number of rotatable bonds is 0. The van der Waals surface area contributed by atoms with Gasteiger partial charge in [-0.05, 0) is 0 Å². The zero-order chi connectivity index (χ0) is 4.24. The summed E-state index contributed by atoms with van der Waals surface area (Å²) in [4.78, 5) is 0. The Morgan fingerprint density at radius 2 is 1.71 bits per heavy atom. The van der Waals surface area contributed by atoms with Crippen molar-refractivity contribution < 1.29 is 5.48 Å². The lowest BCUT2D eigenvalue weighted by Gasteiger charge is -2.09. The fraction of sp³-hybridized carbons (Fsp3) is 1.00. The molecular formula is C4H11N2O. The average molecular weight is 103 g/mol. The van der Waals surface area contributed by atoms with Crippen molar-refractivity contribution in [1.82, 2.24) is 10.6 Å². The van der Waals surface area contributed by atoms with Crippen LogP contribution >= 0.6 is 0 Å². The van der Waals surface area contributed by atoms with Gasteiger partial charge in [-0.1, -0.05) is 0 Å². The van der Waals surface area contributed by atoms with E-state index in [-0.39, 0.29) is 5.48 Å². The van der Waals surface area contributed by atoms with Gasteiger partial charge in [-0.25, -0.2) is 5.32 Å². The maximum atomic E-state index is 4.11. The van der Waals surface area contributed by atoms with Crippen LogP contribution in [-0.2, 0) is 0 Å². The van der Waals surface area contributed by atoms with Crippen LogP contribution in [0.4, 0.5) is 0 Å². The fourth-order valence-electron chi connectivity index (χ4n) is 0.553. The van der Waals surface area contributed by atoms with E-state index in [2.05, 4.69) is 10.6 Å². The minimum atomic E-state index is 0. The Bertz CT molecular complexity index is 25.2. The van der Waals surface area contributed by atoms with Crippen LogP contribution < -0.4 is 10.6 Å². The molecule has 1 aliphatic heterocycles. The molecule has 1 fully saturated rings. The van der Waals surface area contributed by atoms with E-state index < -0.39 is 0 Å². The van der Waals surface area contributed by atoms with Crippen LogP contribution in [0.15, 0.2) is 0 Å². The molecule has 0 unspecified atom stereocenters. The maximum absolute atomic E-state index is 4.11.